The number of nitrogens with zero attached hydrogens (tertiary/aromatic N) is 3. The Labute approximate surface area is 142 Å². The van der Waals surface area contributed by atoms with Crippen molar-refractivity contribution in [1.29, 1.82) is 0 Å². The summed E-state index contributed by atoms with van der Waals surface area (Å²) in [4.78, 5) is 9.28. The van der Waals surface area contributed by atoms with E-state index in [-0.39, 0.29) is 0 Å². The molecule has 23 heavy (non-hydrogen) atoms. The van der Waals surface area contributed by atoms with Gasteiger partial charge in [0.2, 0.25) is 0 Å². The minimum atomic E-state index is 0.761. The highest BCUT2D eigenvalue weighted by Gasteiger charge is 2.10. The molecule has 0 aliphatic heterocycles. The second kappa shape index (κ2) is 6.06. The van der Waals surface area contributed by atoms with E-state index < -0.39 is 0 Å². The minimum absolute atomic E-state index is 0.761. The molecule has 0 saturated heterocycles. The lowest BCUT2D eigenvalue weighted by Gasteiger charge is -2.08. The third-order valence-electron chi connectivity index (χ3n) is 3.82. The van der Waals surface area contributed by atoms with E-state index in [4.69, 9.17) is 12.2 Å². The number of aromatic nitrogens is 3. The van der Waals surface area contributed by atoms with Crippen molar-refractivity contribution in [1.82, 2.24) is 14.5 Å². The molecule has 1 aromatic carbocycles. The molecule has 0 spiro atoms. The number of anilines is 1. The summed E-state index contributed by atoms with van der Waals surface area (Å²) in [5.74, 6) is 0. The first-order valence-corrected chi connectivity index (χ1v) is 8.62. The van der Waals surface area contributed by atoms with Crippen LogP contribution in [-0.4, -0.2) is 19.5 Å². The monoisotopic (exact) mass is 338 g/mol. The molecule has 0 atom stereocenters. The van der Waals surface area contributed by atoms with E-state index in [9.17, 15) is 0 Å². The van der Waals surface area contributed by atoms with Gasteiger partial charge in [-0.25, -0.2) is 4.98 Å². The minimum Gasteiger partial charge on any atom is -0.339 e. The number of benzene rings is 1. The molecule has 4 rings (SSSR count). The maximum atomic E-state index is 5.45. The molecule has 114 valence electrons. The number of thiocarbonyl (C=S) groups is 1. The van der Waals surface area contributed by atoms with Crippen LogP contribution in [0.2, 0.25) is 0 Å². The number of nitrogens with one attached hydrogen (secondary N) is 1. The van der Waals surface area contributed by atoms with E-state index in [1.54, 1.807) is 17.5 Å². The Hall–Kier alpha value is -2.31. The SMILES string of the molecule is S=C(CCn1c2ccccc2c2ccncc21)Nc1nccs1. The van der Waals surface area contributed by atoms with Crippen molar-refractivity contribution >= 4 is 55.5 Å². The lowest BCUT2D eigenvalue weighted by Crippen LogP contribution is -2.12. The Bertz CT molecular complexity index is 920. The number of aryl methyl sites for hydroxylation is 1. The fourth-order valence-corrected chi connectivity index (χ4v) is 3.62. The zero-order valence-corrected chi connectivity index (χ0v) is 13.9. The molecule has 0 amide bonds. The smallest absolute Gasteiger partial charge is 0.187 e. The third-order valence-corrected chi connectivity index (χ3v) is 4.81. The summed E-state index contributed by atoms with van der Waals surface area (Å²) in [7, 11) is 0. The topological polar surface area (TPSA) is 42.7 Å². The molecular formula is C17H14N4S2. The van der Waals surface area contributed by atoms with Gasteiger partial charge >= 0.3 is 0 Å². The van der Waals surface area contributed by atoms with Crippen LogP contribution in [0.1, 0.15) is 6.42 Å². The molecule has 6 heteroatoms. The molecule has 4 aromatic rings. The molecule has 0 aliphatic carbocycles. The Morgan fingerprint density at radius 2 is 2.00 bits per heavy atom. The van der Waals surface area contributed by atoms with Crippen LogP contribution in [0.25, 0.3) is 21.8 Å². The first kappa shape index (κ1) is 14.3. The van der Waals surface area contributed by atoms with E-state index in [1.807, 2.05) is 17.8 Å². The fraction of sp³-hybridized carbons (Fsp3) is 0.118. The molecule has 0 radical (unpaired) electrons. The van der Waals surface area contributed by atoms with Crippen LogP contribution in [0.5, 0.6) is 0 Å². The van der Waals surface area contributed by atoms with E-state index in [0.29, 0.717) is 0 Å². The van der Waals surface area contributed by atoms with E-state index in [1.165, 1.54) is 16.3 Å². The van der Waals surface area contributed by atoms with Gasteiger partial charge in [0.15, 0.2) is 5.13 Å². The lowest BCUT2D eigenvalue weighted by atomic mass is 10.2. The van der Waals surface area contributed by atoms with Gasteiger partial charge in [-0.3, -0.25) is 4.98 Å². The summed E-state index contributed by atoms with van der Waals surface area (Å²) in [5, 5.41) is 8.46. The number of pyridine rings is 1. The number of hydrogen-bond acceptors (Lipinski definition) is 4. The Balaban J connectivity index is 1.64. The first-order valence-electron chi connectivity index (χ1n) is 7.33. The molecule has 4 nitrogen and oxygen atoms in total. The second-order valence-corrected chi connectivity index (χ2v) is 6.58. The fourth-order valence-electron chi connectivity index (χ4n) is 2.82. The van der Waals surface area contributed by atoms with Gasteiger partial charge in [-0.1, -0.05) is 30.4 Å². The Kier molecular flexibility index (Phi) is 3.77. The second-order valence-electron chi connectivity index (χ2n) is 5.20. The van der Waals surface area contributed by atoms with E-state index in [2.05, 4.69) is 50.2 Å². The summed E-state index contributed by atoms with van der Waals surface area (Å²) in [6.07, 6.45) is 6.30. The first-order chi connectivity index (χ1) is 11.3. The molecular weight excluding hydrogens is 324 g/mol. The van der Waals surface area contributed by atoms with Crippen molar-refractivity contribution in [3.05, 3.63) is 54.3 Å². The molecule has 3 aromatic heterocycles. The average molecular weight is 338 g/mol. The molecule has 3 heterocycles. The van der Waals surface area contributed by atoms with Gasteiger partial charge in [0.1, 0.15) is 0 Å². The summed E-state index contributed by atoms with van der Waals surface area (Å²) in [5.41, 5.74) is 2.36. The predicted molar refractivity (Wildman–Crippen MR) is 100 cm³/mol. The van der Waals surface area contributed by atoms with Crippen molar-refractivity contribution in [2.45, 2.75) is 13.0 Å². The maximum Gasteiger partial charge on any atom is 0.187 e. The Morgan fingerprint density at radius 1 is 1.13 bits per heavy atom. The standard InChI is InChI=1S/C17H14N4S2/c22-16(20-17-19-8-10-23-17)6-9-21-14-4-2-1-3-12(14)13-5-7-18-11-15(13)21/h1-5,7-8,10-11H,6,9H2,(H,19,20,22). The predicted octanol–water partition coefficient (Wildman–Crippen LogP) is 4.48. The van der Waals surface area contributed by atoms with Gasteiger partial charge < -0.3 is 9.88 Å². The molecule has 0 unspecified atom stereocenters. The van der Waals surface area contributed by atoms with Gasteiger partial charge in [-0.2, -0.15) is 0 Å². The molecule has 0 aliphatic rings. The Morgan fingerprint density at radius 3 is 2.87 bits per heavy atom. The molecule has 0 bridgehead atoms. The highest BCUT2D eigenvalue weighted by atomic mass is 32.1. The zero-order chi connectivity index (χ0) is 15.6. The van der Waals surface area contributed by atoms with Gasteiger partial charge in [-0.05, 0) is 12.1 Å². The third kappa shape index (κ3) is 2.71. The molecule has 0 fully saturated rings. The average Bonchev–Trinajstić information content (AvgIpc) is 3.19. The summed E-state index contributed by atoms with van der Waals surface area (Å²) in [6, 6.07) is 10.5. The van der Waals surface area contributed by atoms with Crippen molar-refractivity contribution in [2.24, 2.45) is 0 Å². The lowest BCUT2D eigenvalue weighted by molar-refractivity contribution is 0.783. The number of thiazole rings is 1. The van der Waals surface area contributed by atoms with Crippen molar-refractivity contribution < 1.29 is 0 Å². The van der Waals surface area contributed by atoms with Gasteiger partial charge in [0.05, 0.1) is 16.7 Å². The normalized spacial score (nSPS) is 11.1. The number of para-hydroxylation sites is 1. The molecule has 1 N–H and O–H groups in total. The van der Waals surface area contributed by atoms with Gasteiger partial charge in [0, 0.05) is 47.0 Å². The van der Waals surface area contributed by atoms with Crippen LogP contribution in [0.4, 0.5) is 5.13 Å². The number of fused-ring (bicyclic) bond motifs is 3. The molecule has 0 saturated carbocycles. The van der Waals surface area contributed by atoms with Crippen LogP contribution in [0.3, 0.4) is 0 Å². The highest BCUT2D eigenvalue weighted by Crippen LogP contribution is 2.28. The maximum absolute atomic E-state index is 5.45. The quantitative estimate of drug-likeness (QED) is 0.557. The van der Waals surface area contributed by atoms with Crippen LogP contribution >= 0.6 is 23.6 Å². The number of hydrogen-bond donors (Lipinski definition) is 1. The largest absolute Gasteiger partial charge is 0.339 e. The highest BCUT2D eigenvalue weighted by molar-refractivity contribution is 7.80. The summed E-state index contributed by atoms with van der Waals surface area (Å²) >= 11 is 7.00. The summed E-state index contributed by atoms with van der Waals surface area (Å²) in [6.45, 7) is 0.812. The van der Waals surface area contributed by atoms with Crippen LogP contribution in [-0.2, 0) is 6.54 Å². The van der Waals surface area contributed by atoms with Crippen LogP contribution in [0.15, 0.2) is 54.3 Å². The van der Waals surface area contributed by atoms with Crippen molar-refractivity contribution in [3.8, 4) is 0 Å². The van der Waals surface area contributed by atoms with Gasteiger partial charge in [0.25, 0.3) is 0 Å². The van der Waals surface area contributed by atoms with E-state index >= 15 is 0 Å². The van der Waals surface area contributed by atoms with Crippen LogP contribution in [0, 0.1) is 0 Å². The van der Waals surface area contributed by atoms with E-state index in [0.717, 1.165) is 28.6 Å². The van der Waals surface area contributed by atoms with Crippen molar-refractivity contribution in [3.63, 3.8) is 0 Å². The zero-order valence-electron chi connectivity index (χ0n) is 12.3. The number of rotatable bonds is 4. The summed E-state index contributed by atoms with van der Waals surface area (Å²) < 4.78 is 2.29. The van der Waals surface area contributed by atoms with Crippen molar-refractivity contribution in [2.75, 3.05) is 5.32 Å². The van der Waals surface area contributed by atoms with Gasteiger partial charge in [-0.15, -0.1) is 11.3 Å². The van der Waals surface area contributed by atoms with Crippen LogP contribution < -0.4 is 5.32 Å².